The quantitative estimate of drug-likeness (QED) is 0.751. The molecule has 0 unspecified atom stereocenters. The van der Waals surface area contributed by atoms with Gasteiger partial charge in [-0.15, -0.1) is 0 Å². The summed E-state index contributed by atoms with van der Waals surface area (Å²) >= 11 is 0. The van der Waals surface area contributed by atoms with Gasteiger partial charge in [-0.2, -0.15) is 0 Å². The first-order chi connectivity index (χ1) is 13.3. The van der Waals surface area contributed by atoms with Crippen LogP contribution in [0.1, 0.15) is 52.4 Å². The van der Waals surface area contributed by atoms with Gasteiger partial charge in [0.2, 0.25) is 0 Å². The van der Waals surface area contributed by atoms with Crippen molar-refractivity contribution in [3.63, 3.8) is 0 Å². The number of rotatable bonds is 4. The van der Waals surface area contributed by atoms with Crippen molar-refractivity contribution in [3.8, 4) is 0 Å². The Labute approximate surface area is 166 Å². The van der Waals surface area contributed by atoms with Crippen LogP contribution in [0.3, 0.4) is 0 Å². The van der Waals surface area contributed by atoms with E-state index < -0.39 is 12.6 Å². The molecular weight excluding hydrogens is 356 g/mol. The fourth-order valence-corrected chi connectivity index (χ4v) is 7.02. The summed E-state index contributed by atoms with van der Waals surface area (Å²) < 4.78 is 4.91. The Bertz CT molecular complexity index is 765. The monoisotopic (exact) mass is 386 g/mol. The first-order valence-electron chi connectivity index (χ1n) is 10.5. The van der Waals surface area contributed by atoms with E-state index in [1.807, 2.05) is 6.08 Å². The summed E-state index contributed by atoms with van der Waals surface area (Å²) in [5.41, 5.74) is 1.21. The van der Waals surface area contributed by atoms with Crippen LogP contribution in [0.2, 0.25) is 0 Å². The molecule has 0 aromatic rings. The lowest BCUT2D eigenvalue weighted by atomic mass is 9.47. The number of allylic oxidation sites excluding steroid dienone is 4. The number of carbonyl (C=O) groups excluding carboxylic acids is 3. The van der Waals surface area contributed by atoms with E-state index in [2.05, 4.69) is 19.9 Å². The van der Waals surface area contributed by atoms with Crippen molar-refractivity contribution >= 4 is 17.5 Å². The van der Waals surface area contributed by atoms with Crippen LogP contribution in [0.25, 0.3) is 0 Å². The fraction of sp³-hybridized carbons (Fsp3) is 0.696. The van der Waals surface area contributed by atoms with Gasteiger partial charge in [0.25, 0.3) is 0 Å². The average Bonchev–Trinajstić information content (AvgIpc) is 3.03. The first kappa shape index (κ1) is 19.6. The number of ether oxygens (including phenoxy) is 1. The number of hydrogen-bond acceptors (Lipinski definition) is 5. The molecule has 1 N–H and O–H groups in total. The Morgan fingerprint density at radius 1 is 1.18 bits per heavy atom. The van der Waals surface area contributed by atoms with Gasteiger partial charge in [0.1, 0.15) is 13.2 Å². The van der Waals surface area contributed by atoms with Gasteiger partial charge in [-0.05, 0) is 73.8 Å². The molecule has 4 rings (SSSR count). The second-order valence-electron chi connectivity index (χ2n) is 9.56. The van der Waals surface area contributed by atoms with Crippen LogP contribution < -0.4 is 0 Å². The lowest BCUT2D eigenvalue weighted by Crippen LogP contribution is -2.50. The predicted molar refractivity (Wildman–Crippen MR) is 103 cm³/mol. The number of fused-ring (bicyclic) bond motifs is 5. The molecule has 4 aliphatic carbocycles. The van der Waals surface area contributed by atoms with Crippen molar-refractivity contribution in [3.05, 3.63) is 23.8 Å². The van der Waals surface area contributed by atoms with Gasteiger partial charge in [-0.25, -0.2) is 4.79 Å². The smallest absolute Gasteiger partial charge is 0.332 e. The molecule has 0 heterocycles. The standard InChI is InChI=1S/C23H30O5/c1-22-9-7-15(25)11-14(22)3-4-16-17-5-6-19(20(26)13-28-21(27)12-24)23(17,2)10-8-18(16)22/h7,9,11,16-19,24H,3-6,8,10,12-13H2,1-2H3/t16-,17-,18-,19+,22-,23-/m0/s1. The molecule has 6 atom stereocenters. The van der Waals surface area contributed by atoms with E-state index in [4.69, 9.17) is 9.84 Å². The lowest BCUT2D eigenvalue weighted by Gasteiger charge is -2.56. The first-order valence-corrected chi connectivity index (χ1v) is 10.5. The topological polar surface area (TPSA) is 80.7 Å². The molecule has 3 saturated carbocycles. The number of Topliss-reactive ketones (excluding diaryl/α,β-unsaturated/α-hetero) is 1. The number of aliphatic hydroxyl groups excluding tert-OH is 1. The maximum absolute atomic E-state index is 12.8. The Morgan fingerprint density at radius 3 is 2.71 bits per heavy atom. The third kappa shape index (κ3) is 2.90. The van der Waals surface area contributed by atoms with Crippen molar-refractivity contribution in [2.45, 2.75) is 52.4 Å². The van der Waals surface area contributed by atoms with Crippen LogP contribution in [-0.4, -0.2) is 35.9 Å². The normalized spacial score (nSPS) is 41.5. The van der Waals surface area contributed by atoms with Crippen molar-refractivity contribution in [1.82, 2.24) is 0 Å². The van der Waals surface area contributed by atoms with Gasteiger partial charge in [0, 0.05) is 11.3 Å². The van der Waals surface area contributed by atoms with Gasteiger partial charge in [0.05, 0.1) is 0 Å². The molecule has 152 valence electrons. The summed E-state index contributed by atoms with van der Waals surface area (Å²) in [4.78, 5) is 35.9. The van der Waals surface area contributed by atoms with Crippen LogP contribution in [0.15, 0.2) is 23.8 Å². The van der Waals surface area contributed by atoms with Gasteiger partial charge < -0.3 is 9.84 Å². The zero-order valence-electron chi connectivity index (χ0n) is 16.8. The molecule has 0 saturated heterocycles. The molecule has 0 spiro atoms. The molecule has 0 bridgehead atoms. The van der Waals surface area contributed by atoms with E-state index in [0.717, 1.165) is 38.5 Å². The lowest BCUT2D eigenvalue weighted by molar-refractivity contribution is -0.153. The minimum absolute atomic E-state index is 0.00369. The fourth-order valence-electron chi connectivity index (χ4n) is 7.02. The minimum atomic E-state index is -0.741. The summed E-state index contributed by atoms with van der Waals surface area (Å²) in [5.74, 6) is 0.880. The maximum atomic E-state index is 12.8. The third-order valence-electron chi connectivity index (χ3n) is 8.45. The molecular formula is C23H30O5. The van der Waals surface area contributed by atoms with E-state index in [0.29, 0.717) is 17.8 Å². The molecule has 5 nitrogen and oxygen atoms in total. The number of carbonyl (C=O) groups is 3. The summed E-state index contributed by atoms with van der Waals surface area (Å²) in [6, 6.07) is 0. The minimum Gasteiger partial charge on any atom is -0.456 e. The number of esters is 1. The molecule has 0 amide bonds. The molecule has 3 fully saturated rings. The van der Waals surface area contributed by atoms with Crippen LogP contribution in [-0.2, 0) is 19.1 Å². The van der Waals surface area contributed by atoms with E-state index in [1.165, 1.54) is 5.57 Å². The Kier molecular flexibility index (Phi) is 4.85. The van der Waals surface area contributed by atoms with Crippen molar-refractivity contribution in [2.24, 2.45) is 34.5 Å². The Balaban J connectivity index is 1.53. The van der Waals surface area contributed by atoms with Crippen LogP contribution in [0.4, 0.5) is 0 Å². The maximum Gasteiger partial charge on any atom is 0.332 e. The predicted octanol–water partition coefficient (Wildman–Crippen LogP) is 3.02. The highest BCUT2D eigenvalue weighted by Crippen LogP contribution is 2.66. The Morgan fingerprint density at radius 2 is 1.96 bits per heavy atom. The third-order valence-corrected chi connectivity index (χ3v) is 8.45. The molecule has 0 aliphatic heterocycles. The highest BCUT2D eigenvalue weighted by Gasteiger charge is 2.59. The van der Waals surface area contributed by atoms with Gasteiger partial charge in [-0.3, -0.25) is 9.59 Å². The molecule has 4 aliphatic rings. The molecule has 0 aromatic carbocycles. The molecule has 28 heavy (non-hydrogen) atoms. The second kappa shape index (κ2) is 6.94. The second-order valence-corrected chi connectivity index (χ2v) is 9.56. The van der Waals surface area contributed by atoms with Crippen LogP contribution in [0, 0.1) is 34.5 Å². The molecule has 0 radical (unpaired) electrons. The van der Waals surface area contributed by atoms with E-state index in [1.54, 1.807) is 6.08 Å². The molecule has 0 aromatic heterocycles. The zero-order chi connectivity index (χ0) is 20.1. The van der Waals surface area contributed by atoms with Crippen molar-refractivity contribution in [2.75, 3.05) is 13.2 Å². The summed E-state index contributed by atoms with van der Waals surface area (Å²) in [6.07, 6.45) is 11.7. The van der Waals surface area contributed by atoms with Crippen LogP contribution in [0.5, 0.6) is 0 Å². The Hall–Kier alpha value is -1.75. The summed E-state index contributed by atoms with van der Waals surface area (Å²) in [5, 5.41) is 8.80. The van der Waals surface area contributed by atoms with Crippen molar-refractivity contribution < 1.29 is 24.2 Å². The number of ketones is 2. The van der Waals surface area contributed by atoms with E-state index in [-0.39, 0.29) is 34.9 Å². The highest BCUT2D eigenvalue weighted by atomic mass is 16.5. The number of aliphatic hydroxyl groups is 1. The highest BCUT2D eigenvalue weighted by molar-refractivity contribution is 6.01. The summed E-state index contributed by atoms with van der Waals surface area (Å²) in [7, 11) is 0. The van der Waals surface area contributed by atoms with E-state index in [9.17, 15) is 14.4 Å². The van der Waals surface area contributed by atoms with E-state index >= 15 is 0 Å². The largest absolute Gasteiger partial charge is 0.456 e. The zero-order valence-corrected chi connectivity index (χ0v) is 16.8. The van der Waals surface area contributed by atoms with Gasteiger partial charge in [-0.1, -0.05) is 25.5 Å². The number of hydrogen-bond donors (Lipinski definition) is 1. The van der Waals surface area contributed by atoms with Gasteiger partial charge >= 0.3 is 5.97 Å². The SMILES string of the molecule is C[C@]12CC[C@H]3[C@@H](CCC4=CC(=O)C=C[C@@]43C)[C@@H]1CC[C@@H]2C(=O)COC(=O)CO. The summed E-state index contributed by atoms with van der Waals surface area (Å²) in [6.45, 7) is 3.63. The van der Waals surface area contributed by atoms with Crippen LogP contribution >= 0.6 is 0 Å². The van der Waals surface area contributed by atoms with Gasteiger partial charge in [0.15, 0.2) is 11.6 Å². The van der Waals surface area contributed by atoms with Crippen molar-refractivity contribution in [1.29, 1.82) is 0 Å². The molecule has 5 heteroatoms. The average molecular weight is 386 g/mol.